The van der Waals surface area contributed by atoms with E-state index in [1.807, 2.05) is 0 Å². The van der Waals surface area contributed by atoms with Crippen LogP contribution in [0.25, 0.3) is 5.76 Å². The van der Waals surface area contributed by atoms with E-state index in [0.29, 0.717) is 42.3 Å². The third kappa shape index (κ3) is 3.93. The minimum Gasteiger partial charge on any atom is -0.507 e. The first-order valence-corrected chi connectivity index (χ1v) is 10.6. The molecule has 2 fully saturated rings. The lowest BCUT2D eigenvalue weighted by Gasteiger charge is -2.31. The van der Waals surface area contributed by atoms with E-state index < -0.39 is 23.5 Å². The molecule has 8 nitrogen and oxygen atoms in total. The Morgan fingerprint density at radius 1 is 1.22 bits per heavy atom. The van der Waals surface area contributed by atoms with Crippen molar-refractivity contribution in [1.29, 1.82) is 0 Å². The van der Waals surface area contributed by atoms with Gasteiger partial charge in [0.1, 0.15) is 11.6 Å². The number of aromatic nitrogens is 2. The van der Waals surface area contributed by atoms with Gasteiger partial charge in [-0.15, -0.1) is 0 Å². The van der Waals surface area contributed by atoms with Gasteiger partial charge in [-0.2, -0.15) is 5.10 Å². The predicted molar refractivity (Wildman–Crippen MR) is 115 cm³/mol. The number of likely N-dealkylation sites (tertiary alicyclic amines) is 1. The topological polar surface area (TPSA) is 87.9 Å². The van der Waals surface area contributed by atoms with Crippen molar-refractivity contribution in [2.75, 3.05) is 39.4 Å². The SMILES string of the molecule is Cc1nn(C)c(C)c1/C(O)=C1\C(=O)C(=O)N(CCN2CCOCC2)C1c1cccc(F)c1. The number of carbonyl (C=O) groups is 2. The van der Waals surface area contributed by atoms with E-state index in [9.17, 15) is 19.1 Å². The van der Waals surface area contributed by atoms with E-state index in [1.165, 1.54) is 23.1 Å². The Bertz CT molecular complexity index is 1090. The molecule has 32 heavy (non-hydrogen) atoms. The number of Topliss-reactive ketones (excluding diaryl/α,β-unsaturated/α-hetero) is 1. The first-order valence-electron chi connectivity index (χ1n) is 10.6. The molecule has 2 saturated heterocycles. The van der Waals surface area contributed by atoms with Gasteiger partial charge < -0.3 is 14.7 Å². The summed E-state index contributed by atoms with van der Waals surface area (Å²) in [7, 11) is 1.74. The van der Waals surface area contributed by atoms with E-state index in [-0.39, 0.29) is 17.9 Å². The lowest BCUT2D eigenvalue weighted by atomic mass is 9.94. The Labute approximate surface area is 185 Å². The van der Waals surface area contributed by atoms with Crippen LogP contribution in [0.5, 0.6) is 0 Å². The number of hydrogen-bond acceptors (Lipinski definition) is 6. The van der Waals surface area contributed by atoms with Gasteiger partial charge in [-0.3, -0.25) is 19.2 Å². The second kappa shape index (κ2) is 8.84. The summed E-state index contributed by atoms with van der Waals surface area (Å²) in [6, 6.07) is 4.92. The summed E-state index contributed by atoms with van der Waals surface area (Å²) in [5.74, 6) is -2.24. The van der Waals surface area contributed by atoms with Crippen LogP contribution in [0.15, 0.2) is 29.8 Å². The van der Waals surface area contributed by atoms with E-state index in [1.54, 1.807) is 31.6 Å². The van der Waals surface area contributed by atoms with Crippen molar-refractivity contribution in [2.45, 2.75) is 19.9 Å². The Kier molecular flexibility index (Phi) is 6.12. The highest BCUT2D eigenvalue weighted by molar-refractivity contribution is 6.46. The number of rotatable bonds is 5. The normalized spacial score (nSPS) is 21.5. The fourth-order valence-electron chi connectivity index (χ4n) is 4.46. The van der Waals surface area contributed by atoms with Crippen LogP contribution in [0, 0.1) is 19.7 Å². The number of amides is 1. The van der Waals surface area contributed by atoms with E-state index in [2.05, 4.69) is 10.00 Å². The van der Waals surface area contributed by atoms with E-state index >= 15 is 0 Å². The first kappa shape index (κ1) is 22.2. The van der Waals surface area contributed by atoms with Gasteiger partial charge in [-0.05, 0) is 31.5 Å². The quantitative estimate of drug-likeness (QED) is 0.433. The zero-order valence-corrected chi connectivity index (χ0v) is 18.5. The number of ketones is 1. The molecule has 0 radical (unpaired) electrons. The summed E-state index contributed by atoms with van der Waals surface area (Å²) in [4.78, 5) is 29.7. The minimum atomic E-state index is -0.884. The molecule has 2 aliphatic heterocycles. The summed E-state index contributed by atoms with van der Waals surface area (Å²) in [6.45, 7) is 7.04. The van der Waals surface area contributed by atoms with Gasteiger partial charge in [0.25, 0.3) is 11.7 Å². The molecule has 0 aliphatic carbocycles. The van der Waals surface area contributed by atoms with Crippen molar-refractivity contribution >= 4 is 17.4 Å². The van der Waals surface area contributed by atoms with Gasteiger partial charge in [-0.25, -0.2) is 4.39 Å². The molecule has 1 amide bonds. The number of nitrogens with zero attached hydrogens (tertiary/aromatic N) is 4. The molecule has 1 N–H and O–H groups in total. The Morgan fingerprint density at radius 2 is 1.94 bits per heavy atom. The summed E-state index contributed by atoms with van der Waals surface area (Å²) in [5, 5.41) is 15.5. The highest BCUT2D eigenvalue weighted by Gasteiger charge is 2.46. The fourth-order valence-corrected chi connectivity index (χ4v) is 4.46. The van der Waals surface area contributed by atoms with Crippen molar-refractivity contribution in [3.05, 3.63) is 58.2 Å². The van der Waals surface area contributed by atoms with Crippen LogP contribution in [0.2, 0.25) is 0 Å². The monoisotopic (exact) mass is 442 g/mol. The molecular weight excluding hydrogens is 415 g/mol. The molecule has 2 aliphatic rings. The summed E-state index contributed by atoms with van der Waals surface area (Å²) in [5.41, 5.74) is 2.02. The maximum absolute atomic E-state index is 14.1. The van der Waals surface area contributed by atoms with Gasteiger partial charge in [0.2, 0.25) is 0 Å². The summed E-state index contributed by atoms with van der Waals surface area (Å²) >= 11 is 0. The molecule has 0 bridgehead atoms. The Balaban J connectivity index is 1.79. The molecule has 1 unspecified atom stereocenters. The van der Waals surface area contributed by atoms with Gasteiger partial charge in [0.15, 0.2) is 0 Å². The molecule has 0 spiro atoms. The van der Waals surface area contributed by atoms with Crippen LogP contribution in [0.4, 0.5) is 4.39 Å². The highest BCUT2D eigenvalue weighted by atomic mass is 19.1. The fraction of sp³-hybridized carbons (Fsp3) is 0.435. The molecule has 1 atom stereocenters. The first-order chi connectivity index (χ1) is 15.3. The summed E-state index contributed by atoms with van der Waals surface area (Å²) in [6.07, 6.45) is 0. The third-order valence-corrected chi connectivity index (χ3v) is 6.21. The van der Waals surface area contributed by atoms with Gasteiger partial charge in [-0.1, -0.05) is 12.1 Å². The number of aliphatic hydroxyl groups excluding tert-OH is 1. The van der Waals surface area contributed by atoms with Crippen LogP contribution in [-0.2, 0) is 21.4 Å². The molecule has 170 valence electrons. The number of morpholine rings is 1. The largest absolute Gasteiger partial charge is 0.507 e. The Morgan fingerprint density at radius 3 is 2.56 bits per heavy atom. The van der Waals surface area contributed by atoms with E-state index in [4.69, 9.17) is 4.74 Å². The minimum absolute atomic E-state index is 0.0400. The number of halogens is 1. The summed E-state index contributed by atoms with van der Waals surface area (Å²) < 4.78 is 21.1. The molecule has 3 heterocycles. The van der Waals surface area contributed by atoms with Gasteiger partial charge in [0.05, 0.1) is 36.1 Å². The zero-order chi connectivity index (χ0) is 23.0. The average Bonchev–Trinajstić information content (AvgIpc) is 3.18. The molecule has 0 saturated carbocycles. The second-order valence-electron chi connectivity index (χ2n) is 8.17. The van der Waals surface area contributed by atoms with E-state index in [0.717, 1.165) is 13.1 Å². The number of ether oxygens (including phenoxy) is 1. The van der Waals surface area contributed by atoms with Crippen LogP contribution in [0.1, 0.15) is 28.6 Å². The van der Waals surface area contributed by atoms with Crippen molar-refractivity contribution in [1.82, 2.24) is 19.6 Å². The number of hydrogen-bond donors (Lipinski definition) is 1. The van der Waals surface area contributed by atoms with Crippen LogP contribution in [0.3, 0.4) is 0 Å². The molecular formula is C23H27FN4O4. The lowest BCUT2D eigenvalue weighted by molar-refractivity contribution is -0.140. The number of benzene rings is 1. The lowest BCUT2D eigenvalue weighted by Crippen LogP contribution is -2.42. The number of carbonyl (C=O) groups excluding carboxylic acids is 2. The van der Waals surface area contributed by atoms with Gasteiger partial charge in [0, 0.05) is 38.9 Å². The van der Waals surface area contributed by atoms with Crippen molar-refractivity contribution in [3.8, 4) is 0 Å². The van der Waals surface area contributed by atoms with Crippen molar-refractivity contribution in [2.24, 2.45) is 7.05 Å². The molecule has 4 rings (SSSR count). The molecule has 1 aromatic heterocycles. The number of aliphatic hydroxyl groups is 1. The third-order valence-electron chi connectivity index (χ3n) is 6.21. The highest BCUT2D eigenvalue weighted by Crippen LogP contribution is 2.40. The standard InChI is InChI=1S/C23H27FN4O4/c1-14-18(15(2)26(3)25-14)21(29)19-20(16-5-4-6-17(24)13-16)28(23(31)22(19)30)8-7-27-9-11-32-12-10-27/h4-6,13,20,29H,7-12H2,1-3H3/b21-19+. The molecule has 1 aromatic carbocycles. The second-order valence-corrected chi connectivity index (χ2v) is 8.17. The van der Waals surface area contributed by atoms with Crippen molar-refractivity contribution < 1.29 is 23.8 Å². The zero-order valence-electron chi connectivity index (χ0n) is 18.5. The maximum Gasteiger partial charge on any atom is 0.295 e. The van der Waals surface area contributed by atoms with Crippen LogP contribution < -0.4 is 0 Å². The van der Waals surface area contributed by atoms with Crippen molar-refractivity contribution in [3.63, 3.8) is 0 Å². The molecule has 2 aromatic rings. The van der Waals surface area contributed by atoms with Gasteiger partial charge >= 0.3 is 0 Å². The van der Waals surface area contributed by atoms with Crippen LogP contribution in [-0.4, -0.2) is 75.8 Å². The number of aryl methyl sites for hydroxylation is 2. The maximum atomic E-state index is 14.1. The molecule has 9 heteroatoms. The van der Waals surface area contributed by atoms with Crippen LogP contribution >= 0.6 is 0 Å². The smallest absolute Gasteiger partial charge is 0.295 e. The Hall–Kier alpha value is -3.04. The predicted octanol–water partition coefficient (Wildman–Crippen LogP) is 1.93. The average molecular weight is 442 g/mol.